The van der Waals surface area contributed by atoms with Gasteiger partial charge in [0.15, 0.2) is 5.78 Å². The molecule has 1 saturated carbocycles. The first kappa shape index (κ1) is 19.1. The number of benzene rings is 2. The second kappa shape index (κ2) is 8.03. The summed E-state index contributed by atoms with van der Waals surface area (Å²) in [7, 11) is 0. The molecule has 2 aromatic carbocycles. The maximum absolute atomic E-state index is 13.4. The van der Waals surface area contributed by atoms with E-state index in [1.54, 1.807) is 6.92 Å². The molecule has 1 heterocycles. The van der Waals surface area contributed by atoms with E-state index in [4.69, 9.17) is 9.26 Å². The molecule has 5 nitrogen and oxygen atoms in total. The Bertz CT molecular complexity index is 1060. The van der Waals surface area contributed by atoms with Crippen LogP contribution in [0.15, 0.2) is 53.3 Å². The molecule has 1 aliphatic rings. The Balaban J connectivity index is 1.74. The maximum Gasteiger partial charge on any atom is 0.361 e. The Labute approximate surface area is 169 Å². The van der Waals surface area contributed by atoms with Crippen LogP contribution in [0.5, 0.6) is 0 Å². The Morgan fingerprint density at radius 1 is 1.10 bits per heavy atom. The van der Waals surface area contributed by atoms with E-state index in [-0.39, 0.29) is 23.6 Å². The highest BCUT2D eigenvalue weighted by Gasteiger charge is 2.28. The maximum atomic E-state index is 13.4. The van der Waals surface area contributed by atoms with Crippen LogP contribution in [0.1, 0.15) is 74.3 Å². The van der Waals surface area contributed by atoms with Crippen molar-refractivity contribution in [3.8, 4) is 0 Å². The molecule has 1 aromatic heterocycles. The van der Waals surface area contributed by atoms with Gasteiger partial charge in [-0.2, -0.15) is 0 Å². The highest BCUT2D eigenvalue weighted by Crippen LogP contribution is 2.41. The Kier molecular flexibility index (Phi) is 5.30. The minimum atomic E-state index is -0.650. The van der Waals surface area contributed by atoms with E-state index in [1.165, 1.54) is 11.8 Å². The van der Waals surface area contributed by atoms with E-state index in [1.807, 2.05) is 24.3 Å². The Hall–Kier alpha value is -3.21. The van der Waals surface area contributed by atoms with Gasteiger partial charge in [0.2, 0.25) is 5.69 Å². The number of carbonyl (C=O) groups is 2. The fraction of sp³-hybridized carbons (Fsp3) is 0.292. The monoisotopic (exact) mass is 389 g/mol. The third-order valence-electron chi connectivity index (χ3n) is 5.35. The summed E-state index contributed by atoms with van der Waals surface area (Å²) >= 11 is 0. The predicted octanol–water partition coefficient (Wildman–Crippen LogP) is 4.86. The number of hydrogen-bond donors (Lipinski definition) is 0. The lowest BCUT2D eigenvalue weighted by Gasteiger charge is -2.12. The highest BCUT2D eigenvalue weighted by atomic mass is 16.5. The molecule has 0 atom stereocenters. The SMILES string of the molecule is CCOC(=O)c1nocc1C(=O)c1cc(C2CC2)ccc1Cc1ccccc1C. The van der Waals surface area contributed by atoms with Crippen LogP contribution in [0.4, 0.5) is 0 Å². The number of hydrogen-bond acceptors (Lipinski definition) is 5. The second-order valence-electron chi connectivity index (χ2n) is 7.42. The van der Waals surface area contributed by atoms with Gasteiger partial charge in [-0.05, 0) is 67.3 Å². The number of aromatic nitrogens is 1. The van der Waals surface area contributed by atoms with E-state index >= 15 is 0 Å². The largest absolute Gasteiger partial charge is 0.461 e. The van der Waals surface area contributed by atoms with Crippen LogP contribution in [-0.2, 0) is 11.2 Å². The van der Waals surface area contributed by atoms with Crippen LogP contribution in [0.2, 0.25) is 0 Å². The first-order chi connectivity index (χ1) is 14.1. The van der Waals surface area contributed by atoms with Gasteiger partial charge in [0, 0.05) is 5.56 Å². The average Bonchev–Trinajstić information content (AvgIpc) is 3.45. The van der Waals surface area contributed by atoms with Crippen molar-refractivity contribution in [1.82, 2.24) is 5.16 Å². The van der Waals surface area contributed by atoms with Gasteiger partial charge >= 0.3 is 5.97 Å². The molecule has 0 N–H and O–H groups in total. The molecule has 3 aromatic rings. The van der Waals surface area contributed by atoms with Crippen molar-refractivity contribution < 1.29 is 18.8 Å². The van der Waals surface area contributed by atoms with Crippen molar-refractivity contribution in [2.24, 2.45) is 0 Å². The summed E-state index contributed by atoms with van der Waals surface area (Å²) < 4.78 is 9.96. The molecule has 0 radical (unpaired) electrons. The smallest absolute Gasteiger partial charge is 0.361 e. The van der Waals surface area contributed by atoms with Crippen molar-refractivity contribution in [1.29, 1.82) is 0 Å². The number of nitrogens with zero attached hydrogens (tertiary/aromatic N) is 1. The fourth-order valence-corrected chi connectivity index (χ4v) is 3.53. The number of ketones is 1. The molecular weight excluding hydrogens is 366 g/mol. The molecule has 0 saturated heterocycles. The summed E-state index contributed by atoms with van der Waals surface area (Å²) in [6.07, 6.45) is 4.16. The van der Waals surface area contributed by atoms with Crippen LogP contribution in [0.3, 0.4) is 0 Å². The first-order valence-electron chi connectivity index (χ1n) is 9.92. The topological polar surface area (TPSA) is 69.4 Å². The summed E-state index contributed by atoms with van der Waals surface area (Å²) in [5.41, 5.74) is 5.08. The number of rotatable bonds is 7. The lowest BCUT2D eigenvalue weighted by atomic mass is 9.90. The summed E-state index contributed by atoms with van der Waals surface area (Å²) in [5, 5.41) is 3.71. The summed E-state index contributed by atoms with van der Waals surface area (Å²) in [6, 6.07) is 14.3. The first-order valence-corrected chi connectivity index (χ1v) is 9.92. The van der Waals surface area contributed by atoms with Gasteiger partial charge in [-0.25, -0.2) is 4.79 Å². The van der Waals surface area contributed by atoms with E-state index in [9.17, 15) is 9.59 Å². The lowest BCUT2D eigenvalue weighted by Crippen LogP contribution is -2.13. The molecule has 5 heteroatoms. The quantitative estimate of drug-likeness (QED) is 0.426. The van der Waals surface area contributed by atoms with Crippen molar-refractivity contribution in [3.63, 3.8) is 0 Å². The van der Waals surface area contributed by atoms with Crippen molar-refractivity contribution in [3.05, 3.63) is 87.8 Å². The summed E-state index contributed by atoms with van der Waals surface area (Å²) in [5.74, 6) is -0.398. The Morgan fingerprint density at radius 2 is 1.90 bits per heavy atom. The molecule has 148 valence electrons. The van der Waals surface area contributed by atoms with E-state index in [0.717, 1.165) is 29.5 Å². The molecule has 0 unspecified atom stereocenters. The third kappa shape index (κ3) is 3.99. The number of esters is 1. The van der Waals surface area contributed by atoms with Crippen LogP contribution in [0, 0.1) is 6.92 Å². The van der Waals surface area contributed by atoms with Gasteiger partial charge in [0.25, 0.3) is 0 Å². The molecule has 0 bridgehead atoms. The summed E-state index contributed by atoms with van der Waals surface area (Å²) in [4.78, 5) is 25.6. The van der Waals surface area contributed by atoms with E-state index < -0.39 is 5.97 Å². The molecule has 29 heavy (non-hydrogen) atoms. The minimum Gasteiger partial charge on any atom is -0.461 e. The molecule has 0 spiro atoms. The van der Waals surface area contributed by atoms with Crippen LogP contribution < -0.4 is 0 Å². The van der Waals surface area contributed by atoms with Crippen molar-refractivity contribution >= 4 is 11.8 Å². The molecule has 0 aliphatic heterocycles. The predicted molar refractivity (Wildman–Crippen MR) is 108 cm³/mol. The number of ether oxygens (including phenoxy) is 1. The standard InChI is InChI=1S/C24H23NO4/c1-3-28-24(27)22-21(14-29-25-22)23(26)20-13-18(16-8-9-16)10-11-19(20)12-17-7-5-4-6-15(17)2/h4-7,10-11,13-14,16H,3,8-9,12H2,1-2H3. The fourth-order valence-electron chi connectivity index (χ4n) is 3.53. The van der Waals surface area contributed by atoms with Gasteiger partial charge in [0.05, 0.1) is 12.2 Å². The zero-order chi connectivity index (χ0) is 20.4. The zero-order valence-electron chi connectivity index (χ0n) is 16.6. The van der Waals surface area contributed by atoms with Gasteiger partial charge in [-0.15, -0.1) is 0 Å². The van der Waals surface area contributed by atoms with Crippen LogP contribution in [-0.4, -0.2) is 23.5 Å². The van der Waals surface area contributed by atoms with Crippen LogP contribution >= 0.6 is 0 Å². The molecule has 0 amide bonds. The van der Waals surface area contributed by atoms with Crippen LogP contribution in [0.25, 0.3) is 0 Å². The Morgan fingerprint density at radius 3 is 2.62 bits per heavy atom. The van der Waals surface area contributed by atoms with E-state index in [2.05, 4.69) is 30.3 Å². The normalized spacial score (nSPS) is 13.3. The second-order valence-corrected chi connectivity index (χ2v) is 7.42. The van der Waals surface area contributed by atoms with Crippen molar-refractivity contribution in [2.75, 3.05) is 6.61 Å². The van der Waals surface area contributed by atoms with Gasteiger partial charge in [-0.1, -0.05) is 41.6 Å². The third-order valence-corrected chi connectivity index (χ3v) is 5.35. The highest BCUT2D eigenvalue weighted by molar-refractivity contribution is 6.14. The summed E-state index contributed by atoms with van der Waals surface area (Å²) in [6.45, 7) is 3.97. The average molecular weight is 389 g/mol. The zero-order valence-corrected chi connectivity index (χ0v) is 16.6. The van der Waals surface area contributed by atoms with Gasteiger partial charge in [0.1, 0.15) is 6.26 Å². The number of aryl methyl sites for hydroxylation is 1. The van der Waals surface area contributed by atoms with Crippen molar-refractivity contribution in [2.45, 2.75) is 39.0 Å². The number of carbonyl (C=O) groups excluding carboxylic acids is 2. The van der Waals surface area contributed by atoms with Gasteiger partial charge < -0.3 is 9.26 Å². The van der Waals surface area contributed by atoms with E-state index in [0.29, 0.717) is 17.9 Å². The minimum absolute atomic E-state index is 0.0736. The molecular formula is C24H23NO4. The van der Waals surface area contributed by atoms with Gasteiger partial charge in [-0.3, -0.25) is 4.79 Å². The molecule has 1 aliphatic carbocycles. The molecule has 1 fully saturated rings. The molecule has 4 rings (SSSR count). The lowest BCUT2D eigenvalue weighted by molar-refractivity contribution is 0.0512.